The first-order valence-corrected chi connectivity index (χ1v) is 10.9. The summed E-state index contributed by atoms with van der Waals surface area (Å²) >= 11 is 12.6. The first-order chi connectivity index (χ1) is 16.3. The Kier molecular flexibility index (Phi) is 8.25. The molecule has 3 aromatic rings. The van der Waals surface area contributed by atoms with Crippen LogP contribution >= 0.6 is 23.2 Å². The van der Waals surface area contributed by atoms with E-state index in [1.165, 1.54) is 30.3 Å². The fourth-order valence-electron chi connectivity index (χ4n) is 3.13. The number of halogens is 2. The molecule has 0 aromatic heterocycles. The number of nitrogens with zero attached hydrogens (tertiary/aromatic N) is 2. The Morgan fingerprint density at radius 3 is 2.44 bits per heavy atom. The van der Waals surface area contributed by atoms with E-state index in [4.69, 9.17) is 27.9 Å². The maximum Gasteiger partial charge on any atom is 0.269 e. The average molecular weight is 496 g/mol. The van der Waals surface area contributed by atoms with E-state index >= 15 is 0 Å². The van der Waals surface area contributed by atoms with Gasteiger partial charge in [-0.1, -0.05) is 65.7 Å². The van der Waals surface area contributed by atoms with Gasteiger partial charge in [-0.15, -0.1) is 0 Å². The molecular formula is C25H19Cl2N3O4. The summed E-state index contributed by atoms with van der Waals surface area (Å²) in [6.07, 6.45) is 1.38. The van der Waals surface area contributed by atoms with Gasteiger partial charge in [-0.25, -0.2) is 0 Å². The van der Waals surface area contributed by atoms with Crippen molar-refractivity contribution in [3.8, 4) is 11.8 Å². The molecule has 3 aromatic carbocycles. The van der Waals surface area contributed by atoms with Gasteiger partial charge < -0.3 is 10.1 Å². The minimum atomic E-state index is -0.530. The zero-order valence-corrected chi connectivity index (χ0v) is 19.5. The van der Waals surface area contributed by atoms with Crippen LogP contribution in [0, 0.1) is 21.4 Å². The molecule has 9 heteroatoms. The van der Waals surface area contributed by atoms with Crippen LogP contribution in [-0.4, -0.2) is 10.8 Å². The van der Waals surface area contributed by atoms with Crippen LogP contribution in [0.4, 0.5) is 5.69 Å². The Hall–Kier alpha value is -3.86. The minimum absolute atomic E-state index is 0.0134. The number of hydrogen-bond acceptors (Lipinski definition) is 5. The van der Waals surface area contributed by atoms with Gasteiger partial charge >= 0.3 is 0 Å². The number of carbonyl (C=O) groups is 1. The summed E-state index contributed by atoms with van der Waals surface area (Å²) in [5, 5.41) is 23.5. The Labute approximate surface area is 206 Å². The molecule has 0 heterocycles. The van der Waals surface area contributed by atoms with E-state index in [0.717, 1.165) is 5.56 Å². The number of nitro benzene ring substituents is 1. The lowest BCUT2D eigenvalue weighted by atomic mass is 10.1. The summed E-state index contributed by atoms with van der Waals surface area (Å²) in [5.41, 5.74) is 1.75. The summed E-state index contributed by atoms with van der Waals surface area (Å²) in [6.45, 7) is 1.84. The molecule has 0 bridgehead atoms. The van der Waals surface area contributed by atoms with Gasteiger partial charge in [0, 0.05) is 12.1 Å². The highest BCUT2D eigenvalue weighted by Crippen LogP contribution is 2.35. The van der Waals surface area contributed by atoms with Gasteiger partial charge in [0.15, 0.2) is 5.75 Å². The first-order valence-electron chi connectivity index (χ1n) is 10.1. The fraction of sp³-hybridized carbons (Fsp3) is 0.120. The number of nitrogens with one attached hydrogen (secondary N) is 1. The lowest BCUT2D eigenvalue weighted by Gasteiger charge is -2.14. The molecule has 0 saturated carbocycles. The summed E-state index contributed by atoms with van der Waals surface area (Å²) in [7, 11) is 0. The second-order valence-corrected chi connectivity index (χ2v) is 8.12. The highest BCUT2D eigenvalue weighted by Gasteiger charge is 2.16. The molecule has 0 unspecified atom stereocenters. The summed E-state index contributed by atoms with van der Waals surface area (Å²) < 4.78 is 5.67. The average Bonchev–Trinajstić information content (AvgIpc) is 2.82. The summed E-state index contributed by atoms with van der Waals surface area (Å²) in [5.74, 6) is -0.343. The maximum atomic E-state index is 12.6. The van der Waals surface area contributed by atoms with Gasteiger partial charge in [-0.05, 0) is 41.8 Å². The molecule has 0 radical (unpaired) electrons. The number of rotatable bonds is 8. The highest BCUT2D eigenvalue weighted by atomic mass is 35.5. The van der Waals surface area contributed by atoms with E-state index in [-0.39, 0.29) is 39.7 Å². The van der Waals surface area contributed by atoms with E-state index in [1.54, 1.807) is 12.1 Å². The zero-order valence-electron chi connectivity index (χ0n) is 18.0. The van der Waals surface area contributed by atoms with Crippen LogP contribution in [0.25, 0.3) is 6.08 Å². The lowest BCUT2D eigenvalue weighted by Crippen LogP contribution is -2.27. The van der Waals surface area contributed by atoms with Crippen LogP contribution in [0.3, 0.4) is 0 Å². The Bertz CT molecular complexity index is 1260. The molecule has 3 rings (SSSR count). The van der Waals surface area contributed by atoms with E-state index in [1.807, 2.05) is 43.3 Å². The second-order valence-electron chi connectivity index (χ2n) is 7.31. The summed E-state index contributed by atoms with van der Waals surface area (Å²) in [6, 6.07) is 20.0. The van der Waals surface area contributed by atoms with Gasteiger partial charge in [0.2, 0.25) is 0 Å². The minimum Gasteiger partial charge on any atom is -0.486 e. The molecule has 1 atom stereocenters. The van der Waals surface area contributed by atoms with Crippen LogP contribution in [-0.2, 0) is 11.4 Å². The van der Waals surface area contributed by atoms with Crippen molar-refractivity contribution in [1.29, 1.82) is 5.26 Å². The number of benzene rings is 3. The zero-order chi connectivity index (χ0) is 24.7. The molecule has 0 spiro atoms. The molecule has 0 aliphatic rings. The predicted octanol–water partition coefficient (Wildman–Crippen LogP) is 6.26. The standard InChI is InChI=1S/C25H19Cl2N3O4/c1-16(19-7-3-2-4-8-19)29-25(31)20(14-28)10-18-12-22(26)24(23(27)13-18)34-15-17-6-5-9-21(11-17)30(32)33/h2-13,16H,15H2,1H3,(H,29,31)/b20-10-/t16-/m0/s1. The van der Waals surface area contributed by atoms with Crippen LogP contribution < -0.4 is 10.1 Å². The first kappa shape index (κ1) is 24.8. The fourth-order valence-corrected chi connectivity index (χ4v) is 3.74. The van der Waals surface area contributed by atoms with Crippen molar-refractivity contribution in [3.05, 3.63) is 109 Å². The molecule has 1 N–H and O–H groups in total. The molecule has 172 valence electrons. The van der Waals surface area contributed by atoms with E-state index in [9.17, 15) is 20.2 Å². The van der Waals surface area contributed by atoms with Crippen molar-refractivity contribution in [2.24, 2.45) is 0 Å². The largest absolute Gasteiger partial charge is 0.486 e. The second kappa shape index (κ2) is 11.3. The molecule has 0 aliphatic carbocycles. The topological polar surface area (TPSA) is 105 Å². The van der Waals surface area contributed by atoms with Gasteiger partial charge in [0.25, 0.3) is 11.6 Å². The van der Waals surface area contributed by atoms with Crippen molar-refractivity contribution in [2.75, 3.05) is 0 Å². The maximum absolute atomic E-state index is 12.6. The number of amides is 1. The number of non-ortho nitro benzene ring substituents is 1. The quantitative estimate of drug-likeness (QED) is 0.171. The molecule has 0 saturated heterocycles. The summed E-state index contributed by atoms with van der Waals surface area (Å²) in [4.78, 5) is 23.0. The van der Waals surface area contributed by atoms with Crippen molar-refractivity contribution in [1.82, 2.24) is 5.32 Å². The molecule has 0 aliphatic heterocycles. The van der Waals surface area contributed by atoms with E-state index in [2.05, 4.69) is 5.32 Å². The Morgan fingerprint density at radius 2 is 1.82 bits per heavy atom. The van der Waals surface area contributed by atoms with Gasteiger partial charge in [0.1, 0.15) is 18.2 Å². The SMILES string of the molecule is C[C@H](NC(=O)/C(C#N)=C\c1cc(Cl)c(OCc2cccc([N+](=O)[O-])c2)c(Cl)c1)c1ccccc1. The smallest absolute Gasteiger partial charge is 0.269 e. The van der Waals surface area contributed by atoms with Crippen molar-refractivity contribution in [2.45, 2.75) is 19.6 Å². The van der Waals surface area contributed by atoms with Crippen molar-refractivity contribution in [3.63, 3.8) is 0 Å². The molecule has 1 amide bonds. The van der Waals surface area contributed by atoms with Gasteiger partial charge in [0.05, 0.1) is 21.0 Å². The van der Waals surface area contributed by atoms with E-state index < -0.39 is 10.8 Å². The number of nitro groups is 1. The lowest BCUT2D eigenvalue weighted by molar-refractivity contribution is -0.384. The van der Waals surface area contributed by atoms with Crippen LogP contribution in [0.1, 0.15) is 29.7 Å². The molecule has 7 nitrogen and oxygen atoms in total. The normalized spacial score (nSPS) is 11.9. The third-order valence-electron chi connectivity index (χ3n) is 4.85. The molecular weight excluding hydrogens is 477 g/mol. The van der Waals surface area contributed by atoms with Crippen LogP contribution in [0.2, 0.25) is 10.0 Å². The Morgan fingerprint density at radius 1 is 1.15 bits per heavy atom. The highest BCUT2D eigenvalue weighted by molar-refractivity contribution is 6.37. The van der Waals surface area contributed by atoms with Crippen molar-refractivity contribution >= 4 is 40.9 Å². The molecule has 34 heavy (non-hydrogen) atoms. The van der Waals surface area contributed by atoms with Gasteiger partial charge in [-0.2, -0.15) is 5.26 Å². The van der Waals surface area contributed by atoms with E-state index in [0.29, 0.717) is 11.1 Å². The number of nitriles is 1. The van der Waals surface area contributed by atoms with Gasteiger partial charge in [-0.3, -0.25) is 14.9 Å². The van der Waals surface area contributed by atoms with Crippen LogP contribution in [0.15, 0.2) is 72.3 Å². The monoisotopic (exact) mass is 495 g/mol. The Balaban J connectivity index is 1.74. The number of carbonyl (C=O) groups excluding carboxylic acids is 1. The van der Waals surface area contributed by atoms with Crippen molar-refractivity contribution < 1.29 is 14.5 Å². The predicted molar refractivity (Wildman–Crippen MR) is 130 cm³/mol. The molecule has 0 fully saturated rings. The third-order valence-corrected chi connectivity index (χ3v) is 5.41. The van der Waals surface area contributed by atoms with Crippen LogP contribution in [0.5, 0.6) is 5.75 Å². The number of ether oxygens (including phenoxy) is 1. The number of hydrogen-bond donors (Lipinski definition) is 1. The third kappa shape index (κ3) is 6.35.